The number of carbonyl (C=O) groups excluding carboxylic acids is 8. The maximum Gasteiger partial charge on any atom is 0.326 e. The first-order valence-corrected chi connectivity index (χ1v) is 20.8. The molecule has 0 unspecified atom stereocenters. The number of nitrogens with two attached hydrogens (primary N) is 2. The highest BCUT2D eigenvalue weighted by Crippen LogP contribution is 2.13. The molecular formula is C40H62N12O15. The molecule has 0 radical (unpaired) electrons. The smallest absolute Gasteiger partial charge is 0.326 e. The lowest BCUT2D eigenvalue weighted by Gasteiger charge is -2.26. The highest BCUT2D eigenvalue weighted by Gasteiger charge is 2.34. The molecule has 372 valence electrons. The number of phenols is 1. The summed E-state index contributed by atoms with van der Waals surface area (Å²) in [5.74, 6) is -13.1. The van der Waals surface area contributed by atoms with Gasteiger partial charge in [0.2, 0.25) is 47.3 Å². The van der Waals surface area contributed by atoms with Gasteiger partial charge in [0, 0.05) is 13.0 Å². The molecule has 27 nitrogen and oxygen atoms in total. The Labute approximate surface area is 384 Å². The number of aliphatic carboxylic acids is 3. The summed E-state index contributed by atoms with van der Waals surface area (Å²) in [7, 11) is 0. The number of benzene rings is 1. The first kappa shape index (κ1) is 57.4. The van der Waals surface area contributed by atoms with Crippen LogP contribution in [-0.4, -0.2) is 152 Å². The summed E-state index contributed by atoms with van der Waals surface area (Å²) in [4.78, 5) is 139. The van der Waals surface area contributed by atoms with Crippen LogP contribution in [0.4, 0.5) is 0 Å². The van der Waals surface area contributed by atoms with Gasteiger partial charge in [-0.05, 0) is 64.2 Å². The monoisotopic (exact) mass is 950 g/mol. The summed E-state index contributed by atoms with van der Waals surface area (Å²) in [5, 5.41) is 66.2. The molecule has 1 aromatic carbocycles. The van der Waals surface area contributed by atoms with Crippen molar-refractivity contribution in [2.45, 2.75) is 128 Å². The van der Waals surface area contributed by atoms with Crippen molar-refractivity contribution in [2.24, 2.45) is 17.4 Å². The highest BCUT2D eigenvalue weighted by molar-refractivity contribution is 5.98. The number of hydrogen-bond donors (Lipinski definition) is 16. The zero-order valence-corrected chi connectivity index (χ0v) is 37.8. The molecule has 0 aliphatic rings. The van der Waals surface area contributed by atoms with E-state index in [-0.39, 0.29) is 37.5 Å². The molecule has 0 saturated heterocycles. The van der Waals surface area contributed by atoms with E-state index in [9.17, 15) is 68.1 Å². The molecule has 27 heteroatoms. The lowest BCUT2D eigenvalue weighted by Crippen LogP contribution is -2.60. The molecule has 0 aliphatic heterocycles. The molecule has 67 heavy (non-hydrogen) atoms. The van der Waals surface area contributed by atoms with Gasteiger partial charge in [-0.2, -0.15) is 0 Å². The SMILES string of the molecule is CC(C)[C@H](NC(=O)[C@H](CC(=O)O)NC(=O)[C@H](Cc1ccc(O)cc1)NC(=O)[C@H](C)NC(=O)[C@H](CCCNC(=N)N)NC(=O)[C@H](C)NC(=O)[C@H](C)NC(=O)[C@H](C)NC(=O)[C@@H](N)CC(=O)O)C(=O)O. The van der Waals surface area contributed by atoms with Gasteiger partial charge in [-0.1, -0.05) is 26.0 Å². The molecule has 0 heterocycles. The molecule has 0 saturated carbocycles. The largest absolute Gasteiger partial charge is 0.508 e. The summed E-state index contributed by atoms with van der Waals surface area (Å²) in [6.45, 7) is 8.06. The number of carboxylic acids is 3. The van der Waals surface area contributed by atoms with Crippen LogP contribution in [-0.2, 0) is 59.2 Å². The quantitative estimate of drug-likeness (QED) is 0.0213. The van der Waals surface area contributed by atoms with Crippen LogP contribution in [0.5, 0.6) is 5.75 Å². The average Bonchev–Trinajstić information content (AvgIpc) is 3.22. The van der Waals surface area contributed by atoms with Crippen molar-refractivity contribution in [3.63, 3.8) is 0 Å². The van der Waals surface area contributed by atoms with Crippen molar-refractivity contribution in [1.29, 1.82) is 5.41 Å². The maximum absolute atomic E-state index is 13.7. The summed E-state index contributed by atoms with van der Waals surface area (Å²) in [6, 6.07) is -7.55. The Morgan fingerprint density at radius 3 is 1.40 bits per heavy atom. The molecule has 0 spiro atoms. The van der Waals surface area contributed by atoms with Crippen molar-refractivity contribution in [1.82, 2.24) is 47.9 Å². The number of guanidine groups is 1. The van der Waals surface area contributed by atoms with Crippen LogP contribution < -0.4 is 59.3 Å². The van der Waals surface area contributed by atoms with Gasteiger partial charge in [0.1, 0.15) is 54.1 Å². The zero-order chi connectivity index (χ0) is 51.3. The lowest BCUT2D eigenvalue weighted by molar-refractivity contribution is -0.144. The molecule has 0 aliphatic carbocycles. The van der Waals surface area contributed by atoms with Crippen molar-refractivity contribution < 1.29 is 73.2 Å². The Kier molecular flexibility index (Phi) is 23.7. The first-order valence-electron chi connectivity index (χ1n) is 20.8. The topological polar surface area (TPSA) is 453 Å². The van der Waals surface area contributed by atoms with Gasteiger partial charge >= 0.3 is 17.9 Å². The maximum atomic E-state index is 13.7. The fourth-order valence-corrected chi connectivity index (χ4v) is 5.75. The van der Waals surface area contributed by atoms with E-state index in [0.29, 0.717) is 5.56 Å². The van der Waals surface area contributed by atoms with Crippen LogP contribution in [0.2, 0.25) is 0 Å². The van der Waals surface area contributed by atoms with E-state index in [2.05, 4.69) is 47.9 Å². The van der Waals surface area contributed by atoms with Gasteiger partial charge in [0.25, 0.3) is 0 Å². The number of phenolic OH excluding ortho intramolecular Hbond substituents is 1. The minimum absolute atomic E-state index is 0.0717. The second-order valence-electron chi connectivity index (χ2n) is 15.8. The molecule has 1 rings (SSSR count). The standard InChI is InChI=1S/C40H62N12O15/c1-17(2)30(39(66)67)52-38(65)27(16-29(56)57)51-37(64)26(14-22-9-11-23(53)12-10-22)50-34(61)21(6)48-36(63)25(8-7-13-44-40(42)43)49-33(60)20(5)46-31(58)18(3)45-32(59)19(4)47-35(62)24(41)15-28(54)55/h9-12,17-21,24-27,30,53H,7-8,13-16,41H2,1-6H3,(H,45,59)(H,46,58)(H,47,62)(H,48,63)(H,49,60)(H,50,61)(H,51,64)(H,52,65)(H,54,55)(H,56,57)(H,66,67)(H4,42,43,44)/t18-,19-,20-,21-,24-,25-,26-,27-,30-/m0/s1. The molecule has 8 amide bonds. The third-order valence-electron chi connectivity index (χ3n) is 9.61. The number of rotatable bonds is 28. The van der Waals surface area contributed by atoms with E-state index in [4.69, 9.17) is 22.0 Å². The van der Waals surface area contributed by atoms with Crippen LogP contribution in [0.25, 0.3) is 0 Å². The van der Waals surface area contributed by atoms with E-state index in [1.165, 1.54) is 65.8 Å². The molecular weight excluding hydrogens is 889 g/mol. The Balaban J connectivity index is 3.21. The van der Waals surface area contributed by atoms with Crippen molar-refractivity contribution >= 4 is 71.1 Å². The van der Waals surface area contributed by atoms with Gasteiger partial charge in [0.05, 0.1) is 18.9 Å². The number of nitrogens with one attached hydrogen (secondary N) is 10. The van der Waals surface area contributed by atoms with E-state index in [0.717, 1.165) is 0 Å². The molecule has 0 bridgehead atoms. The summed E-state index contributed by atoms with van der Waals surface area (Å²) < 4.78 is 0. The first-order chi connectivity index (χ1) is 31.1. The summed E-state index contributed by atoms with van der Waals surface area (Å²) in [6.07, 6.45) is -1.95. The normalized spacial score (nSPS) is 14.9. The minimum atomic E-state index is -1.81. The van der Waals surface area contributed by atoms with Crippen molar-refractivity contribution in [2.75, 3.05) is 6.54 Å². The Hall–Kier alpha value is -7.58. The fraction of sp³-hybridized carbons (Fsp3) is 0.550. The van der Waals surface area contributed by atoms with Gasteiger partial charge in [-0.25, -0.2) is 4.79 Å². The van der Waals surface area contributed by atoms with Crippen LogP contribution >= 0.6 is 0 Å². The van der Waals surface area contributed by atoms with E-state index in [1.54, 1.807) is 0 Å². The van der Waals surface area contributed by atoms with Crippen LogP contribution in [0.3, 0.4) is 0 Å². The Morgan fingerprint density at radius 1 is 0.552 bits per heavy atom. The summed E-state index contributed by atoms with van der Waals surface area (Å²) >= 11 is 0. The number of carboxylic acid groups (broad SMARTS) is 3. The molecule has 9 atom stereocenters. The van der Waals surface area contributed by atoms with Crippen LogP contribution in [0.1, 0.15) is 72.8 Å². The zero-order valence-electron chi connectivity index (χ0n) is 37.8. The predicted molar refractivity (Wildman–Crippen MR) is 234 cm³/mol. The lowest BCUT2D eigenvalue weighted by atomic mass is 10.0. The predicted octanol–water partition coefficient (Wildman–Crippen LogP) is -4.83. The number of aromatic hydroxyl groups is 1. The van der Waals surface area contributed by atoms with Gasteiger partial charge in [-0.15, -0.1) is 0 Å². The van der Waals surface area contributed by atoms with E-state index >= 15 is 0 Å². The van der Waals surface area contributed by atoms with E-state index < -0.39 is 138 Å². The second-order valence-corrected chi connectivity index (χ2v) is 15.8. The summed E-state index contributed by atoms with van der Waals surface area (Å²) in [5.41, 5.74) is 11.2. The van der Waals surface area contributed by atoms with Gasteiger partial charge in [-0.3, -0.25) is 53.4 Å². The number of carbonyl (C=O) groups is 11. The second kappa shape index (κ2) is 27.7. The van der Waals surface area contributed by atoms with Crippen LogP contribution in [0, 0.1) is 11.3 Å². The molecule has 0 fully saturated rings. The third kappa shape index (κ3) is 21.3. The average molecular weight is 951 g/mol. The number of hydrogen-bond acceptors (Lipinski definition) is 14. The molecule has 18 N–H and O–H groups in total. The molecule has 0 aromatic heterocycles. The highest BCUT2D eigenvalue weighted by atomic mass is 16.4. The van der Waals surface area contributed by atoms with E-state index in [1.807, 2.05) is 0 Å². The van der Waals surface area contributed by atoms with Crippen LogP contribution in [0.15, 0.2) is 24.3 Å². The third-order valence-corrected chi connectivity index (χ3v) is 9.61. The molecule has 1 aromatic rings. The Morgan fingerprint density at radius 2 is 0.955 bits per heavy atom. The van der Waals surface area contributed by atoms with Crippen molar-refractivity contribution in [3.05, 3.63) is 29.8 Å². The number of amides is 8. The van der Waals surface area contributed by atoms with Gasteiger partial charge < -0.3 is 79.7 Å². The van der Waals surface area contributed by atoms with Gasteiger partial charge in [0.15, 0.2) is 5.96 Å². The minimum Gasteiger partial charge on any atom is -0.508 e. The van der Waals surface area contributed by atoms with Crippen molar-refractivity contribution in [3.8, 4) is 5.75 Å². The Bertz CT molecular complexity index is 1980. The fourth-order valence-electron chi connectivity index (χ4n) is 5.75.